The molecule has 2 saturated heterocycles. The second kappa shape index (κ2) is 11.6. The Morgan fingerprint density at radius 3 is 2.56 bits per heavy atom. The van der Waals surface area contributed by atoms with Crippen molar-refractivity contribution >= 4 is 5.91 Å². The molecule has 0 spiro atoms. The van der Waals surface area contributed by atoms with Crippen LogP contribution < -0.4 is 10.1 Å². The van der Waals surface area contributed by atoms with Gasteiger partial charge in [-0.15, -0.1) is 6.58 Å². The molecular formula is C31H41N3O2. The van der Waals surface area contributed by atoms with Gasteiger partial charge in [0.25, 0.3) is 5.91 Å². The third kappa shape index (κ3) is 5.52. The van der Waals surface area contributed by atoms with E-state index in [0.29, 0.717) is 18.1 Å². The Kier molecular flexibility index (Phi) is 8.08. The molecular weight excluding hydrogens is 446 g/mol. The van der Waals surface area contributed by atoms with Crippen molar-refractivity contribution in [1.29, 1.82) is 0 Å². The summed E-state index contributed by atoms with van der Waals surface area (Å²) in [5.41, 5.74) is 3.25. The van der Waals surface area contributed by atoms with E-state index in [1.807, 2.05) is 24.3 Å². The standard InChI is InChI=1S/C31H41N3O2/c1-3-19-33-20-18-27-16-17-28(22-33)34(27)30(25-8-7-11-29(21-25)36-2)23-12-14-24(15-13-23)31(35)32-26-9-5-4-6-10-26/h3,7-8,11-15,21,26-28,30H,1,4-6,9-10,16-20,22H2,2H3,(H,32,35). The molecule has 0 aromatic heterocycles. The molecule has 5 nitrogen and oxygen atoms in total. The van der Waals surface area contributed by atoms with Gasteiger partial charge >= 0.3 is 0 Å². The average Bonchev–Trinajstić information content (AvgIpc) is 3.21. The van der Waals surface area contributed by atoms with Crippen LogP contribution in [-0.4, -0.2) is 60.6 Å². The lowest BCUT2D eigenvalue weighted by Gasteiger charge is -2.37. The minimum Gasteiger partial charge on any atom is -0.497 e. The van der Waals surface area contributed by atoms with Crippen molar-refractivity contribution in [3.8, 4) is 5.75 Å². The van der Waals surface area contributed by atoms with Crippen LogP contribution in [0, 0.1) is 0 Å². The number of fused-ring (bicyclic) bond motifs is 2. The molecule has 2 aliphatic heterocycles. The van der Waals surface area contributed by atoms with Crippen molar-refractivity contribution in [2.24, 2.45) is 0 Å². The molecule has 1 N–H and O–H groups in total. The van der Waals surface area contributed by atoms with Crippen LogP contribution in [0.15, 0.2) is 61.2 Å². The van der Waals surface area contributed by atoms with Crippen LogP contribution in [0.3, 0.4) is 0 Å². The van der Waals surface area contributed by atoms with Gasteiger partial charge < -0.3 is 10.1 Å². The number of hydrogen-bond donors (Lipinski definition) is 1. The molecule has 0 radical (unpaired) electrons. The van der Waals surface area contributed by atoms with E-state index in [1.54, 1.807) is 7.11 Å². The molecule has 3 aliphatic rings. The monoisotopic (exact) mass is 487 g/mol. The number of nitrogens with one attached hydrogen (secondary N) is 1. The number of nitrogens with zero attached hydrogens (tertiary/aromatic N) is 2. The molecule has 1 saturated carbocycles. The van der Waals surface area contributed by atoms with Gasteiger partial charge in [0, 0.05) is 43.3 Å². The van der Waals surface area contributed by atoms with Crippen molar-refractivity contribution in [3.63, 3.8) is 0 Å². The van der Waals surface area contributed by atoms with Gasteiger partial charge in [0.05, 0.1) is 13.2 Å². The normalized spacial score (nSPS) is 24.1. The first-order chi connectivity index (χ1) is 17.7. The lowest BCUT2D eigenvalue weighted by Crippen LogP contribution is -2.42. The highest BCUT2D eigenvalue weighted by Crippen LogP contribution is 2.41. The zero-order chi connectivity index (χ0) is 24.9. The Morgan fingerprint density at radius 2 is 1.81 bits per heavy atom. The fourth-order valence-corrected chi connectivity index (χ4v) is 6.63. The number of rotatable bonds is 8. The fourth-order valence-electron chi connectivity index (χ4n) is 6.63. The number of ether oxygens (including phenoxy) is 1. The highest BCUT2D eigenvalue weighted by molar-refractivity contribution is 5.94. The van der Waals surface area contributed by atoms with Crippen molar-refractivity contribution in [2.45, 2.75) is 75.5 Å². The van der Waals surface area contributed by atoms with Gasteiger partial charge in [-0.05, 0) is 67.5 Å². The smallest absolute Gasteiger partial charge is 0.251 e. The Labute approximate surface area is 216 Å². The van der Waals surface area contributed by atoms with Gasteiger partial charge in [-0.2, -0.15) is 0 Å². The number of methoxy groups -OCH3 is 1. The second-order valence-corrected chi connectivity index (χ2v) is 10.8. The summed E-state index contributed by atoms with van der Waals surface area (Å²) in [7, 11) is 1.73. The van der Waals surface area contributed by atoms with E-state index in [2.05, 4.69) is 52.0 Å². The first-order valence-electron chi connectivity index (χ1n) is 13.8. The van der Waals surface area contributed by atoms with E-state index in [1.165, 1.54) is 49.7 Å². The largest absolute Gasteiger partial charge is 0.497 e. The van der Waals surface area contributed by atoms with Gasteiger partial charge in [-0.25, -0.2) is 0 Å². The lowest BCUT2D eigenvalue weighted by atomic mass is 9.93. The zero-order valence-electron chi connectivity index (χ0n) is 21.7. The topological polar surface area (TPSA) is 44.8 Å². The molecule has 192 valence electrons. The average molecular weight is 488 g/mol. The van der Waals surface area contributed by atoms with Crippen molar-refractivity contribution in [2.75, 3.05) is 26.7 Å². The van der Waals surface area contributed by atoms with E-state index in [9.17, 15) is 4.79 Å². The molecule has 5 heteroatoms. The summed E-state index contributed by atoms with van der Waals surface area (Å²) in [4.78, 5) is 18.3. The zero-order valence-corrected chi connectivity index (χ0v) is 21.7. The number of benzene rings is 2. The van der Waals surface area contributed by atoms with Crippen LogP contribution in [-0.2, 0) is 0 Å². The van der Waals surface area contributed by atoms with E-state index in [4.69, 9.17) is 4.74 Å². The molecule has 2 heterocycles. The Hall–Kier alpha value is -2.63. The number of likely N-dealkylation sites (tertiary alicyclic amines) is 1. The first kappa shape index (κ1) is 25.0. The van der Waals surface area contributed by atoms with Gasteiger partial charge in [0.1, 0.15) is 5.75 Å². The fraction of sp³-hybridized carbons (Fsp3) is 0.516. The summed E-state index contributed by atoms with van der Waals surface area (Å²) in [6.07, 6.45) is 11.6. The number of amides is 1. The van der Waals surface area contributed by atoms with E-state index >= 15 is 0 Å². The molecule has 3 atom stereocenters. The quantitative estimate of drug-likeness (QED) is 0.495. The van der Waals surface area contributed by atoms with Gasteiger partial charge in [0.2, 0.25) is 0 Å². The van der Waals surface area contributed by atoms with Crippen molar-refractivity contribution in [1.82, 2.24) is 15.1 Å². The molecule has 3 fully saturated rings. The first-order valence-corrected chi connectivity index (χ1v) is 13.8. The number of carbonyl (C=O) groups is 1. The maximum absolute atomic E-state index is 13.0. The second-order valence-electron chi connectivity index (χ2n) is 10.8. The summed E-state index contributed by atoms with van der Waals surface area (Å²) in [6, 6.07) is 18.4. The van der Waals surface area contributed by atoms with E-state index < -0.39 is 0 Å². The summed E-state index contributed by atoms with van der Waals surface area (Å²) < 4.78 is 5.60. The highest BCUT2D eigenvalue weighted by Gasteiger charge is 2.42. The molecule has 36 heavy (non-hydrogen) atoms. The molecule has 5 rings (SSSR count). The van der Waals surface area contributed by atoms with Gasteiger partial charge in [-0.3, -0.25) is 14.6 Å². The molecule has 3 unspecified atom stereocenters. The third-order valence-electron chi connectivity index (χ3n) is 8.45. The number of carbonyl (C=O) groups excluding carboxylic acids is 1. The van der Waals surface area contributed by atoms with Crippen LogP contribution in [0.25, 0.3) is 0 Å². The minimum absolute atomic E-state index is 0.0567. The van der Waals surface area contributed by atoms with Crippen LogP contribution in [0.2, 0.25) is 0 Å². The third-order valence-corrected chi connectivity index (χ3v) is 8.45. The van der Waals surface area contributed by atoms with Crippen LogP contribution in [0.5, 0.6) is 5.75 Å². The molecule has 1 amide bonds. The van der Waals surface area contributed by atoms with Crippen LogP contribution in [0.1, 0.15) is 78.9 Å². The summed E-state index contributed by atoms with van der Waals surface area (Å²) in [5, 5.41) is 3.26. The Balaban J connectivity index is 1.43. The highest BCUT2D eigenvalue weighted by atomic mass is 16.5. The summed E-state index contributed by atoms with van der Waals surface area (Å²) in [6.45, 7) is 7.12. The molecule has 2 bridgehead atoms. The SMILES string of the molecule is C=CCN1CCC2CCC(C1)N2C(c1ccc(C(=O)NC2CCCCC2)cc1)c1cccc(OC)c1. The minimum atomic E-state index is 0.0567. The van der Waals surface area contributed by atoms with E-state index in [-0.39, 0.29) is 11.9 Å². The maximum Gasteiger partial charge on any atom is 0.251 e. The lowest BCUT2D eigenvalue weighted by molar-refractivity contribution is 0.0927. The van der Waals surface area contributed by atoms with E-state index in [0.717, 1.165) is 43.8 Å². The predicted molar refractivity (Wildman–Crippen MR) is 146 cm³/mol. The van der Waals surface area contributed by atoms with Gasteiger partial charge in [0.15, 0.2) is 0 Å². The van der Waals surface area contributed by atoms with Crippen molar-refractivity contribution < 1.29 is 9.53 Å². The van der Waals surface area contributed by atoms with Crippen LogP contribution >= 0.6 is 0 Å². The maximum atomic E-state index is 13.0. The molecule has 2 aromatic carbocycles. The summed E-state index contributed by atoms with van der Waals surface area (Å²) in [5.74, 6) is 0.942. The van der Waals surface area contributed by atoms with Crippen molar-refractivity contribution in [3.05, 3.63) is 77.9 Å². The Bertz CT molecular complexity index is 1030. The van der Waals surface area contributed by atoms with Gasteiger partial charge in [-0.1, -0.05) is 49.6 Å². The Morgan fingerprint density at radius 1 is 1.03 bits per heavy atom. The summed E-state index contributed by atoms with van der Waals surface area (Å²) >= 11 is 0. The predicted octanol–water partition coefficient (Wildman–Crippen LogP) is 5.57. The van der Waals surface area contributed by atoms with Crippen LogP contribution in [0.4, 0.5) is 0 Å². The number of hydrogen-bond acceptors (Lipinski definition) is 4. The molecule has 2 aromatic rings. The molecule has 1 aliphatic carbocycles.